The molecule has 4 heteroatoms. The van der Waals surface area contributed by atoms with E-state index in [2.05, 4.69) is 54.7 Å². The van der Waals surface area contributed by atoms with Crippen LogP contribution in [-0.2, 0) is 6.42 Å². The molecule has 0 unspecified atom stereocenters. The van der Waals surface area contributed by atoms with E-state index < -0.39 is 0 Å². The lowest BCUT2D eigenvalue weighted by Crippen LogP contribution is -2.25. The molecule has 0 aliphatic carbocycles. The molecule has 0 aliphatic rings. The fourth-order valence-corrected chi connectivity index (χ4v) is 2.75. The van der Waals surface area contributed by atoms with Crippen molar-refractivity contribution < 1.29 is 4.74 Å². The Morgan fingerprint density at radius 3 is 2.46 bits per heavy atom. The first-order valence-corrected chi connectivity index (χ1v) is 9.11. The van der Waals surface area contributed by atoms with Crippen molar-refractivity contribution in [3.8, 4) is 17.0 Å². The highest BCUT2D eigenvalue weighted by atomic mass is 16.5. The monoisotopic (exact) mass is 329 g/mol. The van der Waals surface area contributed by atoms with Crippen LogP contribution in [0.3, 0.4) is 0 Å². The Bertz CT molecular complexity index is 585. The number of nitrogens with one attached hydrogen (secondary N) is 1. The van der Waals surface area contributed by atoms with Crippen molar-refractivity contribution in [2.75, 3.05) is 26.2 Å². The van der Waals surface area contributed by atoms with Crippen LogP contribution in [0, 0.1) is 5.92 Å². The maximum Gasteiger partial charge on any atom is 0.119 e. The van der Waals surface area contributed by atoms with Gasteiger partial charge in [0.05, 0.1) is 18.5 Å². The summed E-state index contributed by atoms with van der Waals surface area (Å²) >= 11 is 0. The summed E-state index contributed by atoms with van der Waals surface area (Å²) in [6.45, 7) is 12.9. The molecule has 2 aromatic rings. The zero-order chi connectivity index (χ0) is 17.4. The first kappa shape index (κ1) is 18.5. The van der Waals surface area contributed by atoms with Crippen LogP contribution in [0.15, 0.2) is 30.5 Å². The van der Waals surface area contributed by atoms with Gasteiger partial charge in [-0.3, -0.25) is 0 Å². The van der Waals surface area contributed by atoms with Gasteiger partial charge in [0.15, 0.2) is 0 Å². The van der Waals surface area contributed by atoms with E-state index in [9.17, 15) is 0 Å². The lowest BCUT2D eigenvalue weighted by molar-refractivity contribution is 0.249. The second-order valence-corrected chi connectivity index (χ2v) is 6.59. The van der Waals surface area contributed by atoms with Gasteiger partial charge < -0.3 is 14.6 Å². The highest BCUT2D eigenvalue weighted by molar-refractivity contribution is 5.59. The Hall–Kier alpha value is -1.81. The molecule has 132 valence electrons. The topological polar surface area (TPSA) is 41.1 Å². The Labute approximate surface area is 146 Å². The van der Waals surface area contributed by atoms with Crippen LogP contribution < -0.4 is 4.74 Å². The first-order valence-electron chi connectivity index (χ1n) is 9.11. The highest BCUT2D eigenvalue weighted by Crippen LogP contribution is 2.21. The van der Waals surface area contributed by atoms with Crippen LogP contribution >= 0.6 is 0 Å². The molecule has 0 bridgehead atoms. The zero-order valence-corrected chi connectivity index (χ0v) is 15.5. The summed E-state index contributed by atoms with van der Waals surface area (Å²) in [7, 11) is 0. The molecule has 0 saturated carbocycles. The number of ether oxygens (including phenoxy) is 1. The molecule has 0 atom stereocenters. The van der Waals surface area contributed by atoms with Crippen molar-refractivity contribution in [1.82, 2.24) is 14.9 Å². The van der Waals surface area contributed by atoms with Crippen molar-refractivity contribution in [3.63, 3.8) is 0 Å². The van der Waals surface area contributed by atoms with Crippen LogP contribution in [0.4, 0.5) is 0 Å². The van der Waals surface area contributed by atoms with Gasteiger partial charge in [0.25, 0.3) is 0 Å². The fraction of sp³-hybridized carbons (Fsp3) is 0.550. The third-order valence-electron chi connectivity index (χ3n) is 4.18. The summed E-state index contributed by atoms with van der Waals surface area (Å²) < 4.78 is 5.84. The number of hydrogen-bond donors (Lipinski definition) is 1. The smallest absolute Gasteiger partial charge is 0.119 e. The molecule has 0 spiro atoms. The lowest BCUT2D eigenvalue weighted by Gasteiger charge is -2.17. The molecule has 24 heavy (non-hydrogen) atoms. The molecule has 0 radical (unpaired) electrons. The summed E-state index contributed by atoms with van der Waals surface area (Å²) in [5.74, 6) is 2.59. The number of aromatic amines is 1. The van der Waals surface area contributed by atoms with Crippen molar-refractivity contribution >= 4 is 0 Å². The van der Waals surface area contributed by atoms with Crippen molar-refractivity contribution in [3.05, 3.63) is 36.3 Å². The number of hydrogen-bond acceptors (Lipinski definition) is 3. The van der Waals surface area contributed by atoms with E-state index in [0.717, 1.165) is 61.9 Å². The molecule has 0 aliphatic heterocycles. The number of aromatic nitrogens is 2. The average molecular weight is 329 g/mol. The van der Waals surface area contributed by atoms with E-state index in [1.54, 1.807) is 0 Å². The molecule has 0 fully saturated rings. The number of imidazole rings is 1. The van der Waals surface area contributed by atoms with Crippen molar-refractivity contribution in [2.24, 2.45) is 5.92 Å². The van der Waals surface area contributed by atoms with Gasteiger partial charge >= 0.3 is 0 Å². The normalized spacial score (nSPS) is 11.4. The summed E-state index contributed by atoms with van der Waals surface area (Å²) in [5.41, 5.74) is 2.21. The SMILES string of the molecule is CCN(CC)CCCOc1ccc(-c2cnc(CC(C)C)[nH]2)cc1. The number of H-pyrrole nitrogens is 1. The molecule has 1 heterocycles. The van der Waals surface area contributed by atoms with E-state index >= 15 is 0 Å². The number of benzene rings is 1. The second kappa shape index (κ2) is 9.48. The predicted molar refractivity (Wildman–Crippen MR) is 100 cm³/mol. The highest BCUT2D eigenvalue weighted by Gasteiger charge is 2.06. The summed E-state index contributed by atoms with van der Waals surface area (Å²) in [5, 5.41) is 0. The third kappa shape index (κ3) is 5.68. The van der Waals surface area contributed by atoms with E-state index in [1.807, 2.05) is 18.3 Å². The minimum atomic E-state index is 0.608. The van der Waals surface area contributed by atoms with Crippen molar-refractivity contribution in [1.29, 1.82) is 0 Å². The van der Waals surface area contributed by atoms with Gasteiger partial charge in [-0.15, -0.1) is 0 Å². The van der Waals surface area contributed by atoms with Crippen LogP contribution in [0.5, 0.6) is 5.75 Å². The Balaban J connectivity index is 1.83. The van der Waals surface area contributed by atoms with Gasteiger partial charge in [0.1, 0.15) is 11.6 Å². The first-order chi connectivity index (χ1) is 11.6. The lowest BCUT2D eigenvalue weighted by atomic mass is 10.1. The third-order valence-corrected chi connectivity index (χ3v) is 4.18. The molecule has 4 nitrogen and oxygen atoms in total. The average Bonchev–Trinajstić information content (AvgIpc) is 3.03. The minimum Gasteiger partial charge on any atom is -0.494 e. The maximum absolute atomic E-state index is 5.84. The number of rotatable bonds is 10. The summed E-state index contributed by atoms with van der Waals surface area (Å²) in [4.78, 5) is 10.3. The molecule has 0 amide bonds. The predicted octanol–water partition coefficient (Wildman–Crippen LogP) is 4.39. The fourth-order valence-electron chi connectivity index (χ4n) is 2.75. The molecule has 1 aromatic carbocycles. The second-order valence-electron chi connectivity index (χ2n) is 6.59. The molecule has 2 rings (SSSR count). The van der Waals surface area contributed by atoms with Gasteiger partial charge in [-0.25, -0.2) is 4.98 Å². The minimum absolute atomic E-state index is 0.608. The summed E-state index contributed by atoms with van der Waals surface area (Å²) in [6.07, 6.45) is 3.95. The van der Waals surface area contributed by atoms with Gasteiger partial charge in [0, 0.05) is 13.0 Å². The molecule has 1 aromatic heterocycles. The van der Waals surface area contributed by atoms with Gasteiger partial charge in [-0.05, 0) is 55.3 Å². The van der Waals surface area contributed by atoms with Gasteiger partial charge in [-0.2, -0.15) is 0 Å². The van der Waals surface area contributed by atoms with E-state index in [1.165, 1.54) is 0 Å². The summed E-state index contributed by atoms with van der Waals surface area (Å²) in [6, 6.07) is 8.25. The largest absolute Gasteiger partial charge is 0.494 e. The molecular formula is C20H31N3O. The van der Waals surface area contributed by atoms with Crippen LogP contribution in [0.1, 0.15) is 39.9 Å². The van der Waals surface area contributed by atoms with Gasteiger partial charge in [-0.1, -0.05) is 27.7 Å². The van der Waals surface area contributed by atoms with Crippen LogP contribution in [-0.4, -0.2) is 41.1 Å². The standard InChI is InChI=1S/C20H31N3O/c1-5-23(6-2)12-7-13-24-18-10-8-17(9-11-18)19-15-21-20(22-19)14-16(3)4/h8-11,15-16H,5-7,12-14H2,1-4H3,(H,21,22). The van der Waals surface area contributed by atoms with E-state index in [-0.39, 0.29) is 0 Å². The maximum atomic E-state index is 5.84. The number of nitrogens with zero attached hydrogens (tertiary/aromatic N) is 2. The van der Waals surface area contributed by atoms with E-state index in [4.69, 9.17) is 4.74 Å². The molecular weight excluding hydrogens is 298 g/mol. The molecule has 0 saturated heterocycles. The molecule has 1 N–H and O–H groups in total. The Kier molecular flexibility index (Phi) is 7.32. The quantitative estimate of drug-likeness (QED) is 0.657. The Morgan fingerprint density at radius 1 is 1.12 bits per heavy atom. The Morgan fingerprint density at radius 2 is 1.83 bits per heavy atom. The van der Waals surface area contributed by atoms with Crippen LogP contribution in [0.2, 0.25) is 0 Å². The van der Waals surface area contributed by atoms with Crippen molar-refractivity contribution in [2.45, 2.75) is 40.5 Å². The van der Waals surface area contributed by atoms with Gasteiger partial charge in [0.2, 0.25) is 0 Å². The zero-order valence-electron chi connectivity index (χ0n) is 15.5. The van der Waals surface area contributed by atoms with Crippen LogP contribution in [0.25, 0.3) is 11.3 Å². The van der Waals surface area contributed by atoms with E-state index in [0.29, 0.717) is 5.92 Å².